The zero-order valence-electron chi connectivity index (χ0n) is 12.1. The fraction of sp³-hybridized carbons (Fsp3) is 0.467. The molecule has 5 nitrogen and oxygen atoms in total. The molecule has 2 aromatic rings. The number of hydrogen-bond acceptors (Lipinski definition) is 4. The van der Waals surface area contributed by atoms with Crippen LogP contribution in [0.2, 0.25) is 0 Å². The Morgan fingerprint density at radius 1 is 1.30 bits per heavy atom. The first-order chi connectivity index (χ1) is 9.78. The van der Waals surface area contributed by atoms with Gasteiger partial charge in [-0.1, -0.05) is 17.3 Å². The molecule has 1 unspecified atom stereocenters. The Hall–Kier alpha value is -1.88. The van der Waals surface area contributed by atoms with Crippen LogP contribution in [-0.2, 0) is 13.0 Å². The number of nitrogens with zero attached hydrogens (tertiary/aromatic N) is 3. The van der Waals surface area contributed by atoms with Crippen molar-refractivity contribution in [3.05, 3.63) is 42.2 Å². The average Bonchev–Trinajstić information content (AvgIpc) is 2.99. The minimum atomic E-state index is 0.487. The number of benzene rings is 1. The van der Waals surface area contributed by atoms with Gasteiger partial charge in [0.15, 0.2) is 0 Å². The minimum Gasteiger partial charge on any atom is -0.497 e. The summed E-state index contributed by atoms with van der Waals surface area (Å²) < 4.78 is 6.99. The van der Waals surface area contributed by atoms with Crippen LogP contribution in [0.25, 0.3) is 0 Å². The van der Waals surface area contributed by atoms with Crippen LogP contribution in [0.4, 0.5) is 0 Å². The highest BCUT2D eigenvalue weighted by molar-refractivity contribution is 5.27. The first kappa shape index (κ1) is 14.5. The van der Waals surface area contributed by atoms with Crippen LogP contribution < -0.4 is 10.1 Å². The second kappa shape index (κ2) is 7.65. The van der Waals surface area contributed by atoms with Crippen LogP contribution in [-0.4, -0.2) is 34.7 Å². The number of ether oxygens (including phenoxy) is 1. The first-order valence-corrected chi connectivity index (χ1v) is 6.98. The standard InChI is InChI=1S/C15H22N4O/c1-13(16-9-11-19-12-10-17-18-19)3-4-14-5-7-15(20-2)8-6-14/h5-8,10,12-13,16H,3-4,9,11H2,1-2H3. The Morgan fingerprint density at radius 2 is 2.10 bits per heavy atom. The van der Waals surface area contributed by atoms with Crippen molar-refractivity contribution in [2.24, 2.45) is 0 Å². The molecule has 0 aliphatic carbocycles. The molecular weight excluding hydrogens is 252 g/mol. The minimum absolute atomic E-state index is 0.487. The summed E-state index contributed by atoms with van der Waals surface area (Å²) in [7, 11) is 1.69. The second-order valence-electron chi connectivity index (χ2n) is 4.91. The van der Waals surface area contributed by atoms with Crippen molar-refractivity contribution in [3.63, 3.8) is 0 Å². The van der Waals surface area contributed by atoms with Gasteiger partial charge in [-0.25, -0.2) is 0 Å². The molecule has 0 aliphatic heterocycles. The summed E-state index contributed by atoms with van der Waals surface area (Å²) in [6.45, 7) is 3.98. The second-order valence-corrected chi connectivity index (χ2v) is 4.91. The zero-order chi connectivity index (χ0) is 14.2. The molecule has 0 fully saturated rings. The molecule has 1 heterocycles. The first-order valence-electron chi connectivity index (χ1n) is 6.98. The van der Waals surface area contributed by atoms with Gasteiger partial charge in [-0.3, -0.25) is 4.68 Å². The van der Waals surface area contributed by atoms with Gasteiger partial charge < -0.3 is 10.1 Å². The molecule has 2 rings (SSSR count). The molecule has 0 amide bonds. The lowest BCUT2D eigenvalue weighted by molar-refractivity contribution is 0.414. The van der Waals surface area contributed by atoms with Crippen molar-refractivity contribution in [2.45, 2.75) is 32.4 Å². The molecule has 0 bridgehead atoms. The molecule has 1 aromatic carbocycles. The summed E-state index contributed by atoms with van der Waals surface area (Å²) in [5.74, 6) is 0.910. The van der Waals surface area contributed by atoms with Crippen molar-refractivity contribution in [3.8, 4) is 5.75 Å². The molecule has 0 saturated carbocycles. The van der Waals surface area contributed by atoms with Crippen LogP contribution in [0, 0.1) is 0 Å². The van der Waals surface area contributed by atoms with Gasteiger partial charge in [-0.15, -0.1) is 5.10 Å². The van der Waals surface area contributed by atoms with E-state index < -0.39 is 0 Å². The van der Waals surface area contributed by atoms with Gasteiger partial charge in [0.05, 0.1) is 19.9 Å². The summed E-state index contributed by atoms with van der Waals surface area (Å²) in [5, 5.41) is 11.2. The lowest BCUT2D eigenvalue weighted by atomic mass is 10.1. The number of methoxy groups -OCH3 is 1. The molecular formula is C15H22N4O. The van der Waals surface area contributed by atoms with E-state index in [2.05, 4.69) is 34.7 Å². The summed E-state index contributed by atoms with van der Waals surface area (Å²) in [6.07, 6.45) is 5.77. The summed E-state index contributed by atoms with van der Waals surface area (Å²) in [4.78, 5) is 0. The Balaban J connectivity index is 1.65. The SMILES string of the molecule is COc1ccc(CCC(C)NCCn2ccnn2)cc1. The molecule has 1 aromatic heterocycles. The average molecular weight is 274 g/mol. The monoisotopic (exact) mass is 274 g/mol. The van der Waals surface area contributed by atoms with Gasteiger partial charge in [0.2, 0.25) is 0 Å². The van der Waals surface area contributed by atoms with Crippen molar-refractivity contribution in [2.75, 3.05) is 13.7 Å². The third kappa shape index (κ3) is 4.66. The predicted molar refractivity (Wildman–Crippen MR) is 78.8 cm³/mol. The number of aryl methyl sites for hydroxylation is 1. The van der Waals surface area contributed by atoms with Crippen LogP contribution in [0.3, 0.4) is 0 Å². The maximum absolute atomic E-state index is 5.16. The van der Waals surface area contributed by atoms with Gasteiger partial charge in [-0.2, -0.15) is 0 Å². The van der Waals surface area contributed by atoms with Crippen LogP contribution in [0.5, 0.6) is 5.75 Å². The number of rotatable bonds is 8. The highest BCUT2D eigenvalue weighted by Gasteiger charge is 2.02. The van der Waals surface area contributed by atoms with E-state index in [1.54, 1.807) is 13.3 Å². The van der Waals surface area contributed by atoms with E-state index in [9.17, 15) is 0 Å². The molecule has 108 valence electrons. The van der Waals surface area contributed by atoms with Crippen molar-refractivity contribution < 1.29 is 4.74 Å². The fourth-order valence-electron chi connectivity index (χ4n) is 2.05. The van der Waals surface area contributed by atoms with E-state index in [0.29, 0.717) is 6.04 Å². The van der Waals surface area contributed by atoms with E-state index in [-0.39, 0.29) is 0 Å². The smallest absolute Gasteiger partial charge is 0.118 e. The van der Waals surface area contributed by atoms with E-state index in [1.165, 1.54) is 5.56 Å². The maximum atomic E-state index is 5.16. The van der Waals surface area contributed by atoms with Gasteiger partial charge in [0, 0.05) is 18.8 Å². The maximum Gasteiger partial charge on any atom is 0.118 e. The van der Waals surface area contributed by atoms with Crippen molar-refractivity contribution in [1.29, 1.82) is 0 Å². The van der Waals surface area contributed by atoms with E-state index in [4.69, 9.17) is 4.74 Å². The summed E-state index contributed by atoms with van der Waals surface area (Å²) in [5.41, 5.74) is 1.34. The van der Waals surface area contributed by atoms with Crippen molar-refractivity contribution >= 4 is 0 Å². The topological polar surface area (TPSA) is 52.0 Å². The Labute approximate surface area is 120 Å². The van der Waals surface area contributed by atoms with Gasteiger partial charge >= 0.3 is 0 Å². The number of nitrogens with one attached hydrogen (secondary N) is 1. The van der Waals surface area contributed by atoms with Crippen molar-refractivity contribution in [1.82, 2.24) is 20.3 Å². The summed E-state index contributed by atoms with van der Waals surface area (Å²) >= 11 is 0. The van der Waals surface area contributed by atoms with Crippen LogP contribution >= 0.6 is 0 Å². The molecule has 0 aliphatic rings. The Bertz CT molecular complexity index is 481. The number of aromatic nitrogens is 3. The largest absolute Gasteiger partial charge is 0.497 e. The molecule has 5 heteroatoms. The van der Waals surface area contributed by atoms with Gasteiger partial charge in [-0.05, 0) is 37.5 Å². The fourth-order valence-corrected chi connectivity index (χ4v) is 2.05. The third-order valence-corrected chi connectivity index (χ3v) is 3.33. The molecule has 0 spiro atoms. The lowest BCUT2D eigenvalue weighted by Gasteiger charge is -2.13. The Kier molecular flexibility index (Phi) is 5.55. The van der Waals surface area contributed by atoms with Gasteiger partial charge in [0.25, 0.3) is 0 Å². The Morgan fingerprint density at radius 3 is 2.75 bits per heavy atom. The predicted octanol–water partition coefficient (Wildman–Crippen LogP) is 1.90. The lowest BCUT2D eigenvalue weighted by Crippen LogP contribution is -2.29. The van der Waals surface area contributed by atoms with E-state index in [0.717, 1.165) is 31.7 Å². The highest BCUT2D eigenvalue weighted by Crippen LogP contribution is 2.13. The highest BCUT2D eigenvalue weighted by atomic mass is 16.5. The van der Waals surface area contributed by atoms with Gasteiger partial charge in [0.1, 0.15) is 5.75 Å². The van der Waals surface area contributed by atoms with Crippen LogP contribution in [0.15, 0.2) is 36.7 Å². The molecule has 0 radical (unpaired) electrons. The number of hydrogen-bond donors (Lipinski definition) is 1. The zero-order valence-corrected chi connectivity index (χ0v) is 12.1. The van der Waals surface area contributed by atoms with Crippen LogP contribution in [0.1, 0.15) is 18.9 Å². The molecule has 20 heavy (non-hydrogen) atoms. The normalized spacial score (nSPS) is 12.3. The molecule has 1 N–H and O–H groups in total. The van der Waals surface area contributed by atoms with E-state index >= 15 is 0 Å². The molecule has 0 saturated heterocycles. The van der Waals surface area contributed by atoms with E-state index in [1.807, 2.05) is 23.0 Å². The quantitative estimate of drug-likeness (QED) is 0.799. The summed E-state index contributed by atoms with van der Waals surface area (Å²) in [6, 6.07) is 8.76. The third-order valence-electron chi connectivity index (χ3n) is 3.33. The molecule has 1 atom stereocenters.